The zero-order valence-corrected chi connectivity index (χ0v) is 21.2. The number of thiophene rings is 1. The second-order valence-electron chi connectivity index (χ2n) is 10.1. The minimum absolute atomic E-state index is 0.0173. The van der Waals surface area contributed by atoms with Gasteiger partial charge in [0.25, 0.3) is 11.6 Å². The first kappa shape index (κ1) is 24.0. The van der Waals surface area contributed by atoms with Gasteiger partial charge in [0.15, 0.2) is 11.5 Å². The van der Waals surface area contributed by atoms with Crippen LogP contribution in [0.5, 0.6) is 11.5 Å². The van der Waals surface area contributed by atoms with Crippen LogP contribution in [0.3, 0.4) is 0 Å². The van der Waals surface area contributed by atoms with Crippen molar-refractivity contribution >= 4 is 39.8 Å². The van der Waals surface area contributed by atoms with Crippen molar-refractivity contribution < 1.29 is 19.2 Å². The summed E-state index contributed by atoms with van der Waals surface area (Å²) in [5.41, 5.74) is 2.59. The van der Waals surface area contributed by atoms with E-state index < -0.39 is 4.92 Å². The molecule has 1 aliphatic carbocycles. The van der Waals surface area contributed by atoms with E-state index in [1.54, 1.807) is 6.07 Å². The number of nitrogens with one attached hydrogen (secondary N) is 1. The Balaban J connectivity index is 1.55. The molecule has 1 amide bonds. The molecule has 2 aliphatic rings. The number of nitrogens with zero attached hydrogens (tertiary/aromatic N) is 2. The number of amides is 1. The van der Waals surface area contributed by atoms with Crippen molar-refractivity contribution in [3.05, 3.63) is 74.1 Å². The van der Waals surface area contributed by atoms with Crippen LogP contribution in [0.25, 0.3) is 0 Å². The summed E-state index contributed by atoms with van der Waals surface area (Å²) in [6.45, 7) is 6.76. The lowest BCUT2D eigenvalue weighted by molar-refractivity contribution is -0.385. The highest BCUT2D eigenvalue weighted by atomic mass is 32.1. The smallest absolute Gasteiger partial charge is 0.282 e. The number of aliphatic imine (C=N–C) groups is 1. The van der Waals surface area contributed by atoms with Crippen LogP contribution in [0.2, 0.25) is 0 Å². The molecular weight excluding hydrogens is 478 g/mol. The van der Waals surface area contributed by atoms with Crippen molar-refractivity contribution in [1.82, 2.24) is 0 Å². The first-order valence-electron chi connectivity index (χ1n) is 11.8. The van der Waals surface area contributed by atoms with Gasteiger partial charge in [-0.05, 0) is 54.4 Å². The van der Waals surface area contributed by atoms with Gasteiger partial charge >= 0.3 is 0 Å². The Kier molecular flexibility index (Phi) is 6.26. The van der Waals surface area contributed by atoms with E-state index in [2.05, 4.69) is 31.1 Å². The average Bonchev–Trinajstić information content (AvgIpc) is 3.45. The molecular formula is C27H27N3O5S. The maximum Gasteiger partial charge on any atom is 0.282 e. The number of ether oxygens (including phenoxy) is 2. The Hall–Kier alpha value is -3.72. The van der Waals surface area contributed by atoms with Gasteiger partial charge in [0.2, 0.25) is 6.79 Å². The second kappa shape index (κ2) is 9.39. The number of benzene rings is 2. The SMILES string of the molecule is CC(C)(C)[C@@H]1CCc2c(sc(N=Cc3cc4c(cc3[N+](=O)[O-])OCO4)c2C(=O)Nc2ccccc2)C1. The number of nitro benzene ring substituents is 1. The summed E-state index contributed by atoms with van der Waals surface area (Å²) in [7, 11) is 0. The van der Waals surface area contributed by atoms with E-state index in [1.807, 2.05) is 30.3 Å². The van der Waals surface area contributed by atoms with Gasteiger partial charge in [-0.25, -0.2) is 4.99 Å². The molecule has 3 aromatic rings. The fourth-order valence-corrected chi connectivity index (χ4v) is 5.96. The molecule has 8 nitrogen and oxygen atoms in total. The maximum atomic E-state index is 13.5. The average molecular weight is 506 g/mol. The number of anilines is 1. The van der Waals surface area contributed by atoms with Gasteiger partial charge in [-0.15, -0.1) is 11.3 Å². The molecule has 9 heteroatoms. The molecule has 2 aromatic carbocycles. The van der Waals surface area contributed by atoms with Crippen molar-refractivity contribution in [2.24, 2.45) is 16.3 Å². The van der Waals surface area contributed by atoms with E-state index in [-0.39, 0.29) is 29.4 Å². The van der Waals surface area contributed by atoms with Gasteiger partial charge < -0.3 is 14.8 Å². The number of para-hydroxylation sites is 1. The Morgan fingerprint density at radius 2 is 1.92 bits per heavy atom. The van der Waals surface area contributed by atoms with Crippen LogP contribution in [0.4, 0.5) is 16.4 Å². The topological polar surface area (TPSA) is 103 Å². The number of nitro groups is 1. The molecule has 2 heterocycles. The number of hydrogen-bond acceptors (Lipinski definition) is 7. The van der Waals surface area contributed by atoms with Gasteiger partial charge in [0.05, 0.1) is 22.1 Å². The van der Waals surface area contributed by atoms with Crippen molar-refractivity contribution in [3.63, 3.8) is 0 Å². The lowest BCUT2D eigenvalue weighted by Crippen LogP contribution is -2.27. The third-order valence-corrected chi connectivity index (χ3v) is 7.93. The lowest BCUT2D eigenvalue weighted by Gasteiger charge is -2.33. The summed E-state index contributed by atoms with van der Waals surface area (Å²) < 4.78 is 10.7. The minimum Gasteiger partial charge on any atom is -0.454 e. The molecule has 1 N–H and O–H groups in total. The predicted molar refractivity (Wildman–Crippen MR) is 140 cm³/mol. The largest absolute Gasteiger partial charge is 0.454 e. The van der Waals surface area contributed by atoms with Gasteiger partial charge in [-0.3, -0.25) is 14.9 Å². The summed E-state index contributed by atoms with van der Waals surface area (Å²) in [6, 6.07) is 12.2. The van der Waals surface area contributed by atoms with Crippen LogP contribution < -0.4 is 14.8 Å². The minimum atomic E-state index is -0.473. The number of hydrogen-bond donors (Lipinski definition) is 1. The quantitative estimate of drug-likeness (QED) is 0.241. The number of rotatable bonds is 5. The van der Waals surface area contributed by atoms with Crippen LogP contribution in [0.15, 0.2) is 47.5 Å². The van der Waals surface area contributed by atoms with Gasteiger partial charge in [-0.2, -0.15) is 0 Å². The van der Waals surface area contributed by atoms with Crippen LogP contribution in [0.1, 0.15) is 53.6 Å². The fourth-order valence-electron chi connectivity index (χ4n) is 4.69. The summed E-state index contributed by atoms with van der Waals surface area (Å²) in [4.78, 5) is 30.5. The summed E-state index contributed by atoms with van der Waals surface area (Å²) in [6.07, 6.45) is 4.12. The number of fused-ring (bicyclic) bond motifs is 2. The summed E-state index contributed by atoms with van der Waals surface area (Å²) in [5, 5.41) is 15.2. The molecule has 186 valence electrons. The first-order chi connectivity index (χ1) is 17.2. The molecule has 0 saturated carbocycles. The van der Waals surface area contributed by atoms with Crippen molar-refractivity contribution in [3.8, 4) is 11.5 Å². The number of carbonyl (C=O) groups excluding carboxylic acids is 1. The normalized spacial score (nSPS) is 16.7. The van der Waals surface area contributed by atoms with Crippen LogP contribution in [-0.2, 0) is 12.8 Å². The number of carbonyl (C=O) groups is 1. The monoisotopic (exact) mass is 505 g/mol. The van der Waals surface area contributed by atoms with Gasteiger partial charge in [-0.1, -0.05) is 39.0 Å². The third kappa shape index (κ3) is 4.70. The van der Waals surface area contributed by atoms with Crippen molar-refractivity contribution in [2.75, 3.05) is 12.1 Å². The maximum absolute atomic E-state index is 13.5. The van der Waals surface area contributed by atoms with Gasteiger partial charge in [0, 0.05) is 16.8 Å². The highest BCUT2D eigenvalue weighted by Crippen LogP contribution is 2.46. The Morgan fingerprint density at radius 3 is 2.61 bits per heavy atom. The summed E-state index contributed by atoms with van der Waals surface area (Å²) >= 11 is 1.50. The highest BCUT2D eigenvalue weighted by Gasteiger charge is 2.34. The molecule has 1 aromatic heterocycles. The van der Waals surface area contributed by atoms with Crippen molar-refractivity contribution in [1.29, 1.82) is 0 Å². The van der Waals surface area contributed by atoms with Crippen LogP contribution in [0, 0.1) is 21.4 Å². The van der Waals surface area contributed by atoms with Crippen molar-refractivity contribution in [2.45, 2.75) is 40.0 Å². The molecule has 0 radical (unpaired) electrons. The molecule has 1 aliphatic heterocycles. The fraction of sp³-hybridized carbons (Fsp3) is 0.333. The van der Waals surface area contributed by atoms with E-state index in [9.17, 15) is 14.9 Å². The van der Waals surface area contributed by atoms with E-state index >= 15 is 0 Å². The molecule has 0 spiro atoms. The van der Waals surface area contributed by atoms with E-state index in [4.69, 9.17) is 9.47 Å². The van der Waals surface area contributed by atoms with Crippen LogP contribution >= 0.6 is 11.3 Å². The van der Waals surface area contributed by atoms with E-state index in [0.29, 0.717) is 33.7 Å². The highest BCUT2D eigenvalue weighted by molar-refractivity contribution is 7.16. The lowest BCUT2D eigenvalue weighted by atomic mass is 9.72. The van der Waals surface area contributed by atoms with Gasteiger partial charge in [0.1, 0.15) is 5.00 Å². The Labute approximate surface area is 213 Å². The van der Waals surface area contributed by atoms with E-state index in [0.717, 1.165) is 29.7 Å². The first-order valence-corrected chi connectivity index (χ1v) is 12.7. The standard InChI is InChI=1S/C27H27N3O5S/c1-27(2,3)17-9-10-19-23(12-17)36-26(24(19)25(31)29-18-7-5-4-6-8-18)28-14-16-11-21-22(35-15-34-21)13-20(16)30(32)33/h4-8,11,13-14,17H,9-10,12,15H2,1-3H3,(H,29,31)/t17-/m1/s1. The Bertz CT molecular complexity index is 1360. The third-order valence-electron chi connectivity index (χ3n) is 6.77. The van der Waals surface area contributed by atoms with Crippen LogP contribution in [-0.4, -0.2) is 23.8 Å². The summed E-state index contributed by atoms with van der Waals surface area (Å²) in [5.74, 6) is 1.05. The molecule has 0 fully saturated rings. The molecule has 5 rings (SSSR count). The molecule has 0 saturated heterocycles. The van der Waals surface area contributed by atoms with E-state index in [1.165, 1.54) is 23.6 Å². The second-order valence-corrected chi connectivity index (χ2v) is 11.2. The molecule has 1 atom stereocenters. The molecule has 0 unspecified atom stereocenters. The predicted octanol–water partition coefficient (Wildman–Crippen LogP) is 6.54. The zero-order chi connectivity index (χ0) is 25.4. The molecule has 36 heavy (non-hydrogen) atoms. The zero-order valence-electron chi connectivity index (χ0n) is 20.4. The molecule has 0 bridgehead atoms. The Morgan fingerprint density at radius 1 is 1.19 bits per heavy atom.